The SMILES string of the molecule is CCC(C)SCC(CCCC1CCCO1)NN. The third-order valence-corrected chi connectivity index (χ3v) is 4.99. The van der Waals surface area contributed by atoms with E-state index in [1.807, 2.05) is 11.8 Å². The highest BCUT2D eigenvalue weighted by Gasteiger charge is 2.16. The van der Waals surface area contributed by atoms with Crippen molar-refractivity contribution in [2.45, 2.75) is 69.8 Å². The zero-order chi connectivity index (χ0) is 12.5. The van der Waals surface area contributed by atoms with E-state index in [0.29, 0.717) is 12.1 Å². The van der Waals surface area contributed by atoms with Crippen molar-refractivity contribution in [3.05, 3.63) is 0 Å². The van der Waals surface area contributed by atoms with Crippen molar-refractivity contribution in [1.29, 1.82) is 0 Å². The molecule has 0 aromatic rings. The van der Waals surface area contributed by atoms with Gasteiger partial charge in [0.15, 0.2) is 0 Å². The van der Waals surface area contributed by atoms with Crippen LogP contribution in [0.15, 0.2) is 0 Å². The molecule has 1 heterocycles. The molecule has 4 heteroatoms. The van der Waals surface area contributed by atoms with E-state index >= 15 is 0 Å². The van der Waals surface area contributed by atoms with Gasteiger partial charge in [0.05, 0.1) is 6.10 Å². The van der Waals surface area contributed by atoms with Gasteiger partial charge < -0.3 is 4.74 Å². The highest BCUT2D eigenvalue weighted by molar-refractivity contribution is 7.99. The van der Waals surface area contributed by atoms with Crippen molar-refractivity contribution in [3.63, 3.8) is 0 Å². The zero-order valence-corrected chi connectivity index (χ0v) is 12.1. The summed E-state index contributed by atoms with van der Waals surface area (Å²) < 4.78 is 5.63. The van der Waals surface area contributed by atoms with E-state index in [-0.39, 0.29) is 0 Å². The molecule has 0 saturated carbocycles. The van der Waals surface area contributed by atoms with Crippen LogP contribution in [0.2, 0.25) is 0 Å². The standard InChI is InChI=1S/C13H28N2OS/c1-3-11(2)17-10-12(15-14)6-4-7-13-8-5-9-16-13/h11-13,15H,3-10,14H2,1-2H3. The highest BCUT2D eigenvalue weighted by atomic mass is 32.2. The van der Waals surface area contributed by atoms with Crippen molar-refractivity contribution in [1.82, 2.24) is 5.43 Å². The van der Waals surface area contributed by atoms with Gasteiger partial charge in [0, 0.05) is 23.7 Å². The number of hydrogen-bond donors (Lipinski definition) is 2. The van der Waals surface area contributed by atoms with Gasteiger partial charge >= 0.3 is 0 Å². The maximum Gasteiger partial charge on any atom is 0.0576 e. The Morgan fingerprint density at radius 1 is 1.53 bits per heavy atom. The van der Waals surface area contributed by atoms with Gasteiger partial charge in [-0.25, -0.2) is 0 Å². The van der Waals surface area contributed by atoms with Gasteiger partial charge in [-0.05, 0) is 38.5 Å². The molecule has 17 heavy (non-hydrogen) atoms. The Hall–Kier alpha value is 0.230. The molecule has 1 saturated heterocycles. The van der Waals surface area contributed by atoms with E-state index in [1.165, 1.54) is 38.5 Å². The molecular formula is C13H28N2OS. The topological polar surface area (TPSA) is 47.3 Å². The van der Waals surface area contributed by atoms with Gasteiger partial charge in [-0.2, -0.15) is 11.8 Å². The minimum Gasteiger partial charge on any atom is -0.378 e. The molecule has 0 amide bonds. The second kappa shape index (κ2) is 9.20. The monoisotopic (exact) mass is 260 g/mol. The first-order valence-corrected chi connectivity index (χ1v) is 8.00. The Balaban J connectivity index is 2.04. The molecule has 1 rings (SSSR count). The molecule has 102 valence electrons. The number of hydrogen-bond acceptors (Lipinski definition) is 4. The summed E-state index contributed by atoms with van der Waals surface area (Å²) in [6, 6.07) is 0.454. The summed E-state index contributed by atoms with van der Waals surface area (Å²) in [5, 5.41) is 0.740. The van der Waals surface area contributed by atoms with E-state index in [4.69, 9.17) is 10.6 Å². The molecule has 0 aliphatic carbocycles. The molecule has 1 fully saturated rings. The molecule has 1 aliphatic heterocycles. The van der Waals surface area contributed by atoms with Crippen LogP contribution in [-0.2, 0) is 4.74 Å². The second-order valence-corrected chi connectivity index (χ2v) is 6.45. The molecule has 0 aromatic carbocycles. The average Bonchev–Trinajstić information content (AvgIpc) is 2.86. The van der Waals surface area contributed by atoms with Crippen molar-refractivity contribution in [3.8, 4) is 0 Å². The molecule has 0 aromatic heterocycles. The Bertz CT molecular complexity index is 186. The number of nitrogens with one attached hydrogen (secondary N) is 1. The second-order valence-electron chi connectivity index (χ2n) is 4.98. The van der Waals surface area contributed by atoms with Gasteiger partial charge in [0.25, 0.3) is 0 Å². The van der Waals surface area contributed by atoms with E-state index in [0.717, 1.165) is 17.6 Å². The Morgan fingerprint density at radius 3 is 2.94 bits per heavy atom. The van der Waals surface area contributed by atoms with Gasteiger partial charge in [-0.1, -0.05) is 13.8 Å². The van der Waals surface area contributed by atoms with Crippen LogP contribution in [0.1, 0.15) is 52.4 Å². The first kappa shape index (κ1) is 15.3. The summed E-state index contributed by atoms with van der Waals surface area (Å²) in [5.41, 5.74) is 2.95. The number of nitrogens with two attached hydrogens (primary N) is 1. The zero-order valence-electron chi connectivity index (χ0n) is 11.3. The summed E-state index contributed by atoms with van der Waals surface area (Å²) in [6.45, 7) is 5.48. The molecule has 1 aliphatic rings. The number of ether oxygens (including phenoxy) is 1. The van der Waals surface area contributed by atoms with Crippen LogP contribution in [0.4, 0.5) is 0 Å². The van der Waals surface area contributed by atoms with Crippen LogP contribution in [-0.4, -0.2) is 29.8 Å². The largest absolute Gasteiger partial charge is 0.378 e. The quantitative estimate of drug-likeness (QED) is 0.494. The van der Waals surface area contributed by atoms with Crippen LogP contribution >= 0.6 is 11.8 Å². The van der Waals surface area contributed by atoms with Crippen molar-refractivity contribution in [2.75, 3.05) is 12.4 Å². The van der Waals surface area contributed by atoms with E-state index in [1.54, 1.807) is 0 Å². The molecule has 0 radical (unpaired) electrons. The molecule has 3 unspecified atom stereocenters. The first-order chi connectivity index (χ1) is 8.26. The lowest BCUT2D eigenvalue weighted by molar-refractivity contribution is 0.101. The Kier molecular flexibility index (Phi) is 8.27. The molecule has 3 atom stereocenters. The van der Waals surface area contributed by atoms with E-state index < -0.39 is 0 Å². The van der Waals surface area contributed by atoms with Crippen LogP contribution in [0, 0.1) is 0 Å². The highest BCUT2D eigenvalue weighted by Crippen LogP contribution is 2.20. The number of thioether (sulfide) groups is 1. The lowest BCUT2D eigenvalue weighted by atomic mass is 10.1. The predicted molar refractivity (Wildman–Crippen MR) is 76.1 cm³/mol. The van der Waals surface area contributed by atoms with E-state index in [9.17, 15) is 0 Å². The lowest BCUT2D eigenvalue weighted by Crippen LogP contribution is -2.37. The summed E-state index contributed by atoms with van der Waals surface area (Å²) in [5.74, 6) is 6.72. The molecule has 0 bridgehead atoms. The van der Waals surface area contributed by atoms with Crippen LogP contribution in [0.3, 0.4) is 0 Å². The normalized spacial score (nSPS) is 23.8. The summed E-state index contributed by atoms with van der Waals surface area (Å²) in [7, 11) is 0. The van der Waals surface area contributed by atoms with Gasteiger partial charge in [-0.3, -0.25) is 11.3 Å². The fourth-order valence-corrected chi connectivity index (χ4v) is 3.14. The smallest absolute Gasteiger partial charge is 0.0576 e. The molecule has 3 nitrogen and oxygen atoms in total. The fourth-order valence-electron chi connectivity index (χ4n) is 2.08. The number of hydrazine groups is 1. The van der Waals surface area contributed by atoms with Crippen molar-refractivity contribution in [2.24, 2.45) is 5.84 Å². The van der Waals surface area contributed by atoms with Gasteiger partial charge in [0.1, 0.15) is 0 Å². The summed E-state index contributed by atoms with van der Waals surface area (Å²) in [6.07, 6.45) is 7.84. The van der Waals surface area contributed by atoms with Gasteiger partial charge in [0.2, 0.25) is 0 Å². The lowest BCUT2D eigenvalue weighted by Gasteiger charge is -2.18. The Labute approximate surface area is 110 Å². The molecule has 3 N–H and O–H groups in total. The third kappa shape index (κ3) is 6.65. The molecular weight excluding hydrogens is 232 g/mol. The van der Waals surface area contributed by atoms with E-state index in [2.05, 4.69) is 19.3 Å². The molecule has 0 spiro atoms. The summed E-state index contributed by atoms with van der Waals surface area (Å²) in [4.78, 5) is 0. The average molecular weight is 260 g/mol. The van der Waals surface area contributed by atoms with Crippen LogP contribution in [0.5, 0.6) is 0 Å². The first-order valence-electron chi connectivity index (χ1n) is 6.95. The predicted octanol–water partition coefficient (Wildman–Crippen LogP) is 2.70. The van der Waals surface area contributed by atoms with Crippen LogP contribution < -0.4 is 11.3 Å². The minimum atomic E-state index is 0.454. The maximum absolute atomic E-state index is 5.63. The van der Waals surface area contributed by atoms with Gasteiger partial charge in [-0.15, -0.1) is 0 Å². The van der Waals surface area contributed by atoms with Crippen molar-refractivity contribution >= 4 is 11.8 Å². The Morgan fingerprint density at radius 2 is 2.35 bits per heavy atom. The van der Waals surface area contributed by atoms with Crippen molar-refractivity contribution < 1.29 is 4.74 Å². The maximum atomic E-state index is 5.63. The third-order valence-electron chi connectivity index (χ3n) is 3.50. The minimum absolute atomic E-state index is 0.454. The summed E-state index contributed by atoms with van der Waals surface area (Å²) >= 11 is 2.02. The van der Waals surface area contributed by atoms with Crippen LogP contribution in [0.25, 0.3) is 0 Å². The fraction of sp³-hybridized carbons (Fsp3) is 1.00. The number of rotatable bonds is 9.